The monoisotopic (exact) mass is 173 g/mol. The van der Waals surface area contributed by atoms with Crippen LogP contribution in [-0.4, -0.2) is 16.3 Å². The van der Waals surface area contributed by atoms with Crippen LogP contribution in [0.15, 0.2) is 19.0 Å². The molecule has 0 amide bonds. The molecule has 1 rings (SSSR count). The topological polar surface area (TPSA) is 43.8 Å². The minimum absolute atomic E-state index is 0.190. The highest BCUT2D eigenvalue weighted by Crippen LogP contribution is 2.25. The number of alkyl halides is 2. The first-order chi connectivity index (χ1) is 5.60. The second kappa shape index (κ2) is 3.02. The molecule has 0 radical (unpaired) electrons. The quantitative estimate of drug-likeness (QED) is 0.742. The summed E-state index contributed by atoms with van der Waals surface area (Å²) in [4.78, 5) is 0. The average molecular weight is 173 g/mol. The second-order valence-electron chi connectivity index (χ2n) is 2.30. The molecule has 1 aromatic heterocycles. The van der Waals surface area contributed by atoms with Crippen LogP contribution in [0, 0.1) is 0 Å². The fraction of sp³-hybridized carbons (Fsp3) is 0.286. The molecule has 0 aliphatic carbocycles. The number of nitrogens with two attached hydrogens (primary N) is 1. The van der Waals surface area contributed by atoms with Gasteiger partial charge >= 0.3 is 0 Å². The summed E-state index contributed by atoms with van der Waals surface area (Å²) < 4.78 is 26.9. The Morgan fingerprint density at radius 1 is 1.75 bits per heavy atom. The summed E-state index contributed by atoms with van der Waals surface area (Å²) in [5, 5.41) is 3.61. The van der Waals surface area contributed by atoms with Crippen molar-refractivity contribution in [3.05, 3.63) is 24.5 Å². The van der Waals surface area contributed by atoms with Crippen molar-refractivity contribution in [2.45, 2.75) is 5.92 Å². The summed E-state index contributed by atoms with van der Waals surface area (Å²) in [7, 11) is 0. The molecular weight excluding hydrogens is 164 g/mol. The molecule has 0 fully saturated rings. The maximum absolute atomic E-state index is 12.8. The summed E-state index contributed by atoms with van der Waals surface area (Å²) in [5.74, 6) is -3.00. The van der Waals surface area contributed by atoms with Gasteiger partial charge in [-0.2, -0.15) is 13.9 Å². The molecule has 0 atom stereocenters. The van der Waals surface area contributed by atoms with Crippen molar-refractivity contribution in [1.29, 1.82) is 0 Å². The van der Waals surface area contributed by atoms with E-state index in [-0.39, 0.29) is 5.56 Å². The van der Waals surface area contributed by atoms with Gasteiger partial charge in [-0.15, -0.1) is 0 Å². The van der Waals surface area contributed by atoms with Crippen LogP contribution in [0.4, 0.5) is 8.78 Å². The molecule has 0 saturated carbocycles. The molecule has 0 aliphatic heterocycles. The number of rotatable bonds is 3. The Bertz CT molecular complexity index is 280. The maximum atomic E-state index is 12.8. The van der Waals surface area contributed by atoms with Gasteiger partial charge in [-0.05, 0) is 0 Å². The third-order valence-electron chi connectivity index (χ3n) is 1.47. The lowest BCUT2D eigenvalue weighted by molar-refractivity contribution is 0.00593. The van der Waals surface area contributed by atoms with Crippen molar-refractivity contribution in [3.8, 4) is 0 Å². The van der Waals surface area contributed by atoms with E-state index in [0.717, 1.165) is 6.20 Å². The van der Waals surface area contributed by atoms with Crippen molar-refractivity contribution in [2.75, 3.05) is 6.54 Å². The molecule has 12 heavy (non-hydrogen) atoms. The minimum Gasteiger partial charge on any atom is -0.325 e. The van der Waals surface area contributed by atoms with E-state index in [9.17, 15) is 8.78 Å². The molecule has 0 aliphatic rings. The van der Waals surface area contributed by atoms with E-state index >= 15 is 0 Å². The highest BCUT2D eigenvalue weighted by Gasteiger charge is 2.30. The molecule has 3 nitrogen and oxygen atoms in total. The first kappa shape index (κ1) is 8.86. The predicted octanol–water partition coefficient (Wildman–Crippen LogP) is 1.03. The van der Waals surface area contributed by atoms with Crippen LogP contribution in [0.5, 0.6) is 0 Å². The van der Waals surface area contributed by atoms with Crippen molar-refractivity contribution in [3.63, 3.8) is 0 Å². The van der Waals surface area contributed by atoms with Gasteiger partial charge in [0.2, 0.25) is 0 Å². The number of halogens is 2. The van der Waals surface area contributed by atoms with Crippen molar-refractivity contribution in [1.82, 2.24) is 9.78 Å². The molecule has 0 aromatic carbocycles. The van der Waals surface area contributed by atoms with Crippen LogP contribution < -0.4 is 5.73 Å². The van der Waals surface area contributed by atoms with Crippen molar-refractivity contribution < 1.29 is 8.78 Å². The standard InChI is InChI=1S/C7H9F2N3/c1-2-12-4-6(3-11-12)7(8,9)5-10/h2-4H,1,5,10H2. The van der Waals surface area contributed by atoms with E-state index in [0.29, 0.717) is 0 Å². The van der Waals surface area contributed by atoms with Crippen molar-refractivity contribution in [2.24, 2.45) is 5.73 Å². The summed E-state index contributed by atoms with van der Waals surface area (Å²) in [6.45, 7) is 2.66. The van der Waals surface area contributed by atoms with Crippen LogP contribution in [-0.2, 0) is 5.92 Å². The van der Waals surface area contributed by atoms with Gasteiger partial charge in [-0.3, -0.25) is 0 Å². The first-order valence-electron chi connectivity index (χ1n) is 3.35. The fourth-order valence-electron chi connectivity index (χ4n) is 0.745. The minimum atomic E-state index is -3.00. The number of aromatic nitrogens is 2. The lowest BCUT2D eigenvalue weighted by atomic mass is 10.2. The number of nitrogens with zero attached hydrogens (tertiary/aromatic N) is 2. The van der Waals surface area contributed by atoms with Gasteiger partial charge in [0.1, 0.15) is 0 Å². The van der Waals surface area contributed by atoms with Gasteiger partial charge < -0.3 is 5.73 Å². The van der Waals surface area contributed by atoms with Gasteiger partial charge in [-0.1, -0.05) is 6.58 Å². The molecule has 66 valence electrons. The summed E-state index contributed by atoms with van der Waals surface area (Å²) in [6, 6.07) is 0. The van der Waals surface area contributed by atoms with E-state index in [4.69, 9.17) is 5.73 Å². The SMILES string of the molecule is C=Cn1cc(C(F)(F)CN)cn1. The molecular formula is C7H9F2N3. The van der Waals surface area contributed by atoms with Gasteiger partial charge in [-0.25, -0.2) is 4.68 Å². The summed E-state index contributed by atoms with van der Waals surface area (Å²) in [5.41, 5.74) is 4.69. The molecule has 0 spiro atoms. The molecule has 0 saturated heterocycles. The molecule has 1 heterocycles. The van der Waals surface area contributed by atoms with E-state index in [1.165, 1.54) is 17.1 Å². The van der Waals surface area contributed by atoms with E-state index in [1.54, 1.807) is 0 Å². The zero-order valence-electron chi connectivity index (χ0n) is 6.37. The highest BCUT2D eigenvalue weighted by atomic mass is 19.3. The average Bonchev–Trinajstić information content (AvgIpc) is 2.52. The van der Waals surface area contributed by atoms with Gasteiger partial charge in [0.05, 0.1) is 18.3 Å². The normalized spacial score (nSPS) is 11.6. The first-order valence-corrected chi connectivity index (χ1v) is 3.35. The fourth-order valence-corrected chi connectivity index (χ4v) is 0.745. The van der Waals surface area contributed by atoms with Gasteiger partial charge in [0.15, 0.2) is 0 Å². The van der Waals surface area contributed by atoms with Crippen LogP contribution in [0.1, 0.15) is 5.56 Å². The maximum Gasteiger partial charge on any atom is 0.288 e. The molecule has 1 aromatic rings. The largest absolute Gasteiger partial charge is 0.325 e. The van der Waals surface area contributed by atoms with Crippen LogP contribution in [0.2, 0.25) is 0 Å². The van der Waals surface area contributed by atoms with Gasteiger partial charge in [0.25, 0.3) is 5.92 Å². The Balaban J connectivity index is 2.95. The van der Waals surface area contributed by atoms with Gasteiger partial charge in [0, 0.05) is 12.4 Å². The smallest absolute Gasteiger partial charge is 0.288 e. The molecule has 0 bridgehead atoms. The van der Waals surface area contributed by atoms with E-state index in [2.05, 4.69) is 11.7 Å². The second-order valence-corrected chi connectivity index (χ2v) is 2.30. The van der Waals surface area contributed by atoms with Crippen LogP contribution in [0.3, 0.4) is 0 Å². The Hall–Kier alpha value is -1.23. The lowest BCUT2D eigenvalue weighted by Gasteiger charge is -2.09. The Morgan fingerprint density at radius 3 is 2.83 bits per heavy atom. The third-order valence-corrected chi connectivity index (χ3v) is 1.47. The molecule has 0 unspecified atom stereocenters. The Morgan fingerprint density at radius 2 is 2.42 bits per heavy atom. The zero-order chi connectivity index (χ0) is 9.19. The van der Waals surface area contributed by atoms with Crippen LogP contribution in [0.25, 0.3) is 6.20 Å². The summed E-state index contributed by atoms with van der Waals surface area (Å²) in [6.07, 6.45) is 3.60. The van der Waals surface area contributed by atoms with E-state index in [1.807, 2.05) is 0 Å². The lowest BCUT2D eigenvalue weighted by Crippen LogP contribution is -2.24. The van der Waals surface area contributed by atoms with Crippen LogP contribution >= 0.6 is 0 Å². The molecule has 5 heteroatoms. The highest BCUT2D eigenvalue weighted by molar-refractivity contribution is 5.20. The zero-order valence-corrected chi connectivity index (χ0v) is 6.37. The Kier molecular flexibility index (Phi) is 2.23. The number of hydrogen-bond acceptors (Lipinski definition) is 2. The predicted molar refractivity (Wildman–Crippen MR) is 41.6 cm³/mol. The van der Waals surface area contributed by atoms with Crippen molar-refractivity contribution >= 4 is 6.20 Å². The molecule has 2 N–H and O–H groups in total. The Labute approximate surface area is 68.5 Å². The van der Waals surface area contributed by atoms with E-state index < -0.39 is 12.5 Å². The third kappa shape index (κ3) is 1.50. The number of hydrogen-bond donors (Lipinski definition) is 1. The summed E-state index contributed by atoms with van der Waals surface area (Å²) >= 11 is 0.